The molecule has 1 amide bonds. The number of nitrogens with zero attached hydrogens (tertiary/aromatic N) is 2. The molecule has 0 spiro atoms. The molecular formula is C17H16BrN3O2. The number of fused-ring (bicyclic) bond motifs is 1. The third-order valence-corrected chi connectivity index (χ3v) is 4.05. The lowest BCUT2D eigenvalue weighted by molar-refractivity contribution is 0.0951. The van der Waals surface area contributed by atoms with Gasteiger partial charge in [-0.1, -0.05) is 22.0 Å². The van der Waals surface area contributed by atoms with Crippen LogP contribution in [0.15, 0.2) is 53.3 Å². The SMILES string of the molecule is COc1ccc(Br)cc1C(=O)NCCc1ncc2ccccn12. The zero-order valence-corrected chi connectivity index (χ0v) is 14.2. The van der Waals surface area contributed by atoms with Gasteiger partial charge in [0.15, 0.2) is 0 Å². The molecule has 0 aliphatic heterocycles. The zero-order valence-electron chi connectivity index (χ0n) is 12.6. The van der Waals surface area contributed by atoms with E-state index in [1.165, 1.54) is 0 Å². The fourth-order valence-corrected chi connectivity index (χ4v) is 2.79. The summed E-state index contributed by atoms with van der Waals surface area (Å²) in [7, 11) is 1.55. The largest absolute Gasteiger partial charge is 0.496 e. The molecule has 2 heterocycles. The summed E-state index contributed by atoms with van der Waals surface area (Å²) in [6.45, 7) is 0.502. The molecule has 0 atom stereocenters. The number of nitrogens with one attached hydrogen (secondary N) is 1. The molecule has 0 bridgehead atoms. The molecule has 23 heavy (non-hydrogen) atoms. The Bertz CT molecular complexity index is 845. The van der Waals surface area contributed by atoms with Gasteiger partial charge in [-0.25, -0.2) is 4.98 Å². The average Bonchev–Trinajstić information content (AvgIpc) is 2.98. The summed E-state index contributed by atoms with van der Waals surface area (Å²) < 4.78 is 8.09. The lowest BCUT2D eigenvalue weighted by Crippen LogP contribution is -2.26. The molecule has 3 aromatic rings. The van der Waals surface area contributed by atoms with Gasteiger partial charge in [-0.3, -0.25) is 4.79 Å². The van der Waals surface area contributed by atoms with Gasteiger partial charge in [0.05, 0.1) is 24.4 Å². The molecule has 0 saturated heterocycles. The van der Waals surface area contributed by atoms with Crippen molar-refractivity contribution < 1.29 is 9.53 Å². The number of halogens is 1. The fraction of sp³-hybridized carbons (Fsp3) is 0.176. The maximum Gasteiger partial charge on any atom is 0.255 e. The Kier molecular flexibility index (Phi) is 4.62. The van der Waals surface area contributed by atoms with Crippen molar-refractivity contribution in [2.75, 3.05) is 13.7 Å². The second-order valence-electron chi connectivity index (χ2n) is 5.02. The molecule has 2 aromatic heterocycles. The van der Waals surface area contributed by atoms with Crippen molar-refractivity contribution in [1.29, 1.82) is 0 Å². The van der Waals surface area contributed by atoms with Crippen LogP contribution in [-0.2, 0) is 6.42 Å². The van der Waals surface area contributed by atoms with E-state index in [1.54, 1.807) is 19.2 Å². The number of pyridine rings is 1. The van der Waals surface area contributed by atoms with E-state index < -0.39 is 0 Å². The number of carbonyl (C=O) groups is 1. The molecule has 0 radical (unpaired) electrons. The summed E-state index contributed by atoms with van der Waals surface area (Å²) in [5.74, 6) is 1.31. The molecule has 0 saturated carbocycles. The van der Waals surface area contributed by atoms with E-state index in [0.29, 0.717) is 24.3 Å². The minimum absolute atomic E-state index is 0.163. The van der Waals surface area contributed by atoms with Gasteiger partial charge in [0, 0.05) is 23.6 Å². The number of methoxy groups -OCH3 is 1. The fourth-order valence-electron chi connectivity index (χ4n) is 2.43. The van der Waals surface area contributed by atoms with E-state index in [9.17, 15) is 4.79 Å². The Hall–Kier alpha value is -2.34. The second kappa shape index (κ2) is 6.83. The Morgan fingerprint density at radius 1 is 1.35 bits per heavy atom. The molecule has 1 N–H and O–H groups in total. The lowest BCUT2D eigenvalue weighted by atomic mass is 10.2. The average molecular weight is 374 g/mol. The van der Waals surface area contributed by atoms with Crippen LogP contribution < -0.4 is 10.1 Å². The van der Waals surface area contributed by atoms with Gasteiger partial charge in [-0.05, 0) is 30.3 Å². The third-order valence-electron chi connectivity index (χ3n) is 3.56. The maximum absolute atomic E-state index is 12.3. The Morgan fingerprint density at radius 3 is 3.04 bits per heavy atom. The third kappa shape index (κ3) is 3.37. The molecule has 0 unspecified atom stereocenters. The highest BCUT2D eigenvalue weighted by molar-refractivity contribution is 9.10. The van der Waals surface area contributed by atoms with Gasteiger partial charge in [0.2, 0.25) is 0 Å². The van der Waals surface area contributed by atoms with Crippen molar-refractivity contribution >= 4 is 27.4 Å². The second-order valence-corrected chi connectivity index (χ2v) is 5.94. The molecule has 118 valence electrons. The highest BCUT2D eigenvalue weighted by atomic mass is 79.9. The molecule has 5 nitrogen and oxygen atoms in total. The highest BCUT2D eigenvalue weighted by Gasteiger charge is 2.12. The molecule has 1 aromatic carbocycles. The van der Waals surface area contributed by atoms with Crippen LogP contribution in [0.2, 0.25) is 0 Å². The van der Waals surface area contributed by atoms with Gasteiger partial charge >= 0.3 is 0 Å². The number of imidazole rings is 1. The van der Waals surface area contributed by atoms with E-state index in [-0.39, 0.29) is 5.91 Å². The van der Waals surface area contributed by atoms with Gasteiger partial charge in [0.1, 0.15) is 11.6 Å². The molecule has 0 aliphatic rings. The minimum atomic E-state index is -0.163. The maximum atomic E-state index is 12.3. The van der Waals surface area contributed by atoms with Crippen molar-refractivity contribution in [2.24, 2.45) is 0 Å². The van der Waals surface area contributed by atoms with Crippen molar-refractivity contribution in [3.8, 4) is 5.75 Å². The molecule has 0 aliphatic carbocycles. The van der Waals surface area contributed by atoms with E-state index in [4.69, 9.17) is 4.74 Å². The van der Waals surface area contributed by atoms with E-state index >= 15 is 0 Å². The number of carbonyl (C=O) groups excluding carboxylic acids is 1. The first-order valence-electron chi connectivity index (χ1n) is 7.22. The number of hydrogen-bond acceptors (Lipinski definition) is 3. The van der Waals surface area contributed by atoms with Gasteiger partial charge < -0.3 is 14.5 Å². The smallest absolute Gasteiger partial charge is 0.255 e. The Balaban J connectivity index is 1.67. The number of hydrogen-bond donors (Lipinski definition) is 1. The lowest BCUT2D eigenvalue weighted by Gasteiger charge is -2.09. The van der Waals surface area contributed by atoms with Crippen LogP contribution in [0, 0.1) is 0 Å². The predicted octanol–water partition coefficient (Wildman–Crippen LogP) is 3.08. The summed E-state index contributed by atoms with van der Waals surface area (Å²) >= 11 is 3.37. The van der Waals surface area contributed by atoms with Crippen LogP contribution in [-0.4, -0.2) is 28.9 Å². The number of ether oxygens (including phenoxy) is 1. The van der Waals surface area contributed by atoms with Crippen molar-refractivity contribution in [1.82, 2.24) is 14.7 Å². The summed E-state index contributed by atoms with van der Waals surface area (Å²) in [5, 5.41) is 2.91. The van der Waals surface area contributed by atoms with E-state index in [0.717, 1.165) is 15.8 Å². The normalized spacial score (nSPS) is 10.7. The highest BCUT2D eigenvalue weighted by Crippen LogP contribution is 2.22. The zero-order chi connectivity index (χ0) is 16.2. The minimum Gasteiger partial charge on any atom is -0.496 e. The van der Waals surface area contributed by atoms with Gasteiger partial charge in [-0.15, -0.1) is 0 Å². The van der Waals surface area contributed by atoms with E-state index in [2.05, 4.69) is 26.2 Å². The first-order chi connectivity index (χ1) is 11.2. The number of aromatic nitrogens is 2. The summed E-state index contributed by atoms with van der Waals surface area (Å²) in [4.78, 5) is 16.7. The quantitative estimate of drug-likeness (QED) is 0.747. The Morgan fingerprint density at radius 2 is 2.22 bits per heavy atom. The van der Waals surface area contributed by atoms with Crippen LogP contribution in [0.5, 0.6) is 5.75 Å². The van der Waals surface area contributed by atoms with Crippen molar-refractivity contribution in [3.05, 3.63) is 64.7 Å². The predicted molar refractivity (Wildman–Crippen MR) is 91.9 cm³/mol. The van der Waals surface area contributed by atoms with Crippen LogP contribution in [0.4, 0.5) is 0 Å². The van der Waals surface area contributed by atoms with E-state index in [1.807, 2.05) is 41.1 Å². The van der Waals surface area contributed by atoms with Crippen molar-refractivity contribution in [3.63, 3.8) is 0 Å². The van der Waals surface area contributed by atoms with Crippen LogP contribution >= 0.6 is 15.9 Å². The molecular weight excluding hydrogens is 358 g/mol. The van der Waals surface area contributed by atoms with Gasteiger partial charge in [-0.2, -0.15) is 0 Å². The number of benzene rings is 1. The first-order valence-corrected chi connectivity index (χ1v) is 8.01. The summed E-state index contributed by atoms with van der Waals surface area (Å²) in [6, 6.07) is 11.3. The molecule has 6 heteroatoms. The van der Waals surface area contributed by atoms with Gasteiger partial charge in [0.25, 0.3) is 5.91 Å². The number of rotatable bonds is 5. The summed E-state index contributed by atoms with van der Waals surface area (Å²) in [6.07, 6.45) is 4.45. The van der Waals surface area contributed by atoms with Crippen LogP contribution in [0.3, 0.4) is 0 Å². The number of amides is 1. The standard InChI is InChI=1S/C17H16BrN3O2/c1-23-15-6-5-12(18)10-14(15)17(22)19-8-7-16-20-11-13-4-2-3-9-21(13)16/h2-6,9-11H,7-8H2,1H3,(H,19,22). The monoisotopic (exact) mass is 373 g/mol. The summed E-state index contributed by atoms with van der Waals surface area (Å²) in [5.41, 5.74) is 1.55. The molecule has 3 rings (SSSR count). The van der Waals surface area contributed by atoms with Crippen LogP contribution in [0.25, 0.3) is 5.52 Å². The topological polar surface area (TPSA) is 55.6 Å². The Labute approximate surface area is 142 Å². The van der Waals surface area contributed by atoms with Crippen molar-refractivity contribution in [2.45, 2.75) is 6.42 Å². The first kappa shape index (κ1) is 15.6. The molecule has 0 fully saturated rings. The van der Waals surface area contributed by atoms with Crippen LogP contribution in [0.1, 0.15) is 16.2 Å².